The summed E-state index contributed by atoms with van der Waals surface area (Å²) in [5, 5.41) is 6.00. The first kappa shape index (κ1) is 21.6. The predicted octanol–water partition coefficient (Wildman–Crippen LogP) is 5.48. The SMILES string of the molecule is CCCCCCOc1ccc(NC(=O)CNc2cccc(OC(C)C)c2)cc1. The van der Waals surface area contributed by atoms with Gasteiger partial charge in [-0.2, -0.15) is 0 Å². The summed E-state index contributed by atoms with van der Waals surface area (Å²) >= 11 is 0. The van der Waals surface area contributed by atoms with Gasteiger partial charge in [-0.1, -0.05) is 32.3 Å². The van der Waals surface area contributed by atoms with Gasteiger partial charge in [-0.3, -0.25) is 4.79 Å². The van der Waals surface area contributed by atoms with Gasteiger partial charge in [-0.15, -0.1) is 0 Å². The maximum atomic E-state index is 12.2. The van der Waals surface area contributed by atoms with Crippen LogP contribution in [0.1, 0.15) is 46.5 Å². The molecule has 2 N–H and O–H groups in total. The minimum absolute atomic E-state index is 0.108. The number of hydrogen-bond acceptors (Lipinski definition) is 4. The maximum Gasteiger partial charge on any atom is 0.243 e. The van der Waals surface area contributed by atoms with Gasteiger partial charge in [-0.05, 0) is 56.7 Å². The number of anilines is 2. The van der Waals surface area contributed by atoms with Gasteiger partial charge >= 0.3 is 0 Å². The highest BCUT2D eigenvalue weighted by Gasteiger charge is 2.04. The van der Waals surface area contributed by atoms with Crippen molar-refractivity contribution in [3.8, 4) is 11.5 Å². The number of unbranched alkanes of at least 4 members (excludes halogenated alkanes) is 3. The summed E-state index contributed by atoms with van der Waals surface area (Å²) in [6, 6.07) is 15.1. The normalized spacial score (nSPS) is 10.6. The van der Waals surface area contributed by atoms with Crippen LogP contribution in [-0.2, 0) is 4.79 Å². The van der Waals surface area contributed by atoms with Crippen molar-refractivity contribution >= 4 is 17.3 Å². The Morgan fingerprint density at radius 2 is 1.75 bits per heavy atom. The molecule has 2 aromatic carbocycles. The lowest BCUT2D eigenvalue weighted by Crippen LogP contribution is -2.21. The molecule has 0 aliphatic rings. The van der Waals surface area contributed by atoms with Crippen molar-refractivity contribution in [1.82, 2.24) is 0 Å². The Labute approximate surface area is 168 Å². The molecule has 0 atom stereocenters. The second-order valence-electron chi connectivity index (χ2n) is 7.03. The Kier molecular flexibility index (Phi) is 9.19. The molecule has 0 heterocycles. The van der Waals surface area contributed by atoms with Gasteiger partial charge in [-0.25, -0.2) is 0 Å². The molecule has 0 saturated carbocycles. The van der Waals surface area contributed by atoms with Gasteiger partial charge in [0.2, 0.25) is 5.91 Å². The molecule has 0 spiro atoms. The van der Waals surface area contributed by atoms with Gasteiger partial charge in [0, 0.05) is 17.4 Å². The minimum Gasteiger partial charge on any atom is -0.494 e. The summed E-state index contributed by atoms with van der Waals surface area (Å²) in [4.78, 5) is 12.2. The molecule has 2 rings (SSSR count). The second-order valence-corrected chi connectivity index (χ2v) is 7.03. The van der Waals surface area contributed by atoms with Crippen LogP contribution in [-0.4, -0.2) is 25.2 Å². The average molecular weight is 385 g/mol. The molecule has 0 aliphatic heterocycles. The number of nitrogens with one attached hydrogen (secondary N) is 2. The molecule has 0 bridgehead atoms. The van der Waals surface area contributed by atoms with E-state index in [0.29, 0.717) is 0 Å². The van der Waals surface area contributed by atoms with Crippen molar-refractivity contribution in [3.63, 3.8) is 0 Å². The number of carbonyl (C=O) groups is 1. The maximum absolute atomic E-state index is 12.2. The largest absolute Gasteiger partial charge is 0.494 e. The van der Waals surface area contributed by atoms with Crippen LogP contribution in [0.2, 0.25) is 0 Å². The van der Waals surface area contributed by atoms with E-state index in [1.165, 1.54) is 19.3 Å². The van der Waals surface area contributed by atoms with Crippen LogP contribution >= 0.6 is 0 Å². The van der Waals surface area contributed by atoms with E-state index in [9.17, 15) is 4.79 Å². The summed E-state index contributed by atoms with van der Waals surface area (Å²) in [7, 11) is 0. The second kappa shape index (κ2) is 11.9. The summed E-state index contributed by atoms with van der Waals surface area (Å²) in [5.74, 6) is 1.50. The smallest absolute Gasteiger partial charge is 0.243 e. The predicted molar refractivity (Wildman–Crippen MR) is 115 cm³/mol. The number of rotatable bonds is 12. The molecule has 5 heteroatoms. The van der Waals surface area contributed by atoms with Gasteiger partial charge in [0.05, 0.1) is 19.3 Å². The van der Waals surface area contributed by atoms with Crippen LogP contribution in [0.3, 0.4) is 0 Å². The molecule has 0 aliphatic carbocycles. The average Bonchev–Trinajstić information content (AvgIpc) is 2.67. The Balaban J connectivity index is 1.74. The van der Waals surface area contributed by atoms with Crippen molar-refractivity contribution in [3.05, 3.63) is 48.5 Å². The molecule has 0 fully saturated rings. The van der Waals surface area contributed by atoms with E-state index in [1.54, 1.807) is 0 Å². The number of ether oxygens (including phenoxy) is 2. The van der Waals surface area contributed by atoms with Crippen LogP contribution in [0.4, 0.5) is 11.4 Å². The van der Waals surface area contributed by atoms with Crippen molar-refractivity contribution in [1.29, 1.82) is 0 Å². The molecule has 0 saturated heterocycles. The molecular formula is C23H32N2O3. The third kappa shape index (κ3) is 8.33. The quantitative estimate of drug-likeness (QED) is 0.476. The Morgan fingerprint density at radius 3 is 2.46 bits per heavy atom. The Hall–Kier alpha value is -2.69. The summed E-state index contributed by atoms with van der Waals surface area (Å²) in [5.41, 5.74) is 1.60. The van der Waals surface area contributed by atoms with Crippen LogP contribution in [0.15, 0.2) is 48.5 Å². The number of carbonyl (C=O) groups excluding carboxylic acids is 1. The molecule has 1 amide bonds. The number of hydrogen-bond donors (Lipinski definition) is 2. The number of benzene rings is 2. The van der Waals surface area contributed by atoms with Gasteiger partial charge in [0.25, 0.3) is 0 Å². The van der Waals surface area contributed by atoms with E-state index in [2.05, 4.69) is 17.6 Å². The minimum atomic E-state index is -0.108. The Morgan fingerprint density at radius 1 is 0.964 bits per heavy atom. The zero-order chi connectivity index (χ0) is 20.2. The van der Waals surface area contributed by atoms with E-state index in [0.717, 1.165) is 35.9 Å². The Bertz CT molecular complexity index is 714. The van der Waals surface area contributed by atoms with Gasteiger partial charge in [0.15, 0.2) is 0 Å². The van der Waals surface area contributed by atoms with Crippen molar-refractivity contribution in [2.24, 2.45) is 0 Å². The monoisotopic (exact) mass is 384 g/mol. The van der Waals surface area contributed by atoms with E-state index in [1.807, 2.05) is 62.4 Å². The lowest BCUT2D eigenvalue weighted by molar-refractivity contribution is -0.114. The zero-order valence-electron chi connectivity index (χ0n) is 17.2. The van der Waals surface area contributed by atoms with E-state index in [4.69, 9.17) is 9.47 Å². The highest BCUT2D eigenvalue weighted by atomic mass is 16.5. The highest BCUT2D eigenvalue weighted by Crippen LogP contribution is 2.19. The molecule has 28 heavy (non-hydrogen) atoms. The third-order valence-corrected chi connectivity index (χ3v) is 4.06. The van der Waals surface area contributed by atoms with Crippen molar-refractivity contribution < 1.29 is 14.3 Å². The summed E-state index contributed by atoms with van der Waals surface area (Å²) in [6.07, 6.45) is 4.85. The topological polar surface area (TPSA) is 59.6 Å². The molecule has 5 nitrogen and oxygen atoms in total. The summed E-state index contributed by atoms with van der Waals surface area (Å²) < 4.78 is 11.4. The lowest BCUT2D eigenvalue weighted by atomic mass is 10.2. The molecule has 0 aromatic heterocycles. The van der Waals surface area contributed by atoms with Crippen molar-refractivity contribution in [2.45, 2.75) is 52.6 Å². The first-order valence-electron chi connectivity index (χ1n) is 10.1. The van der Waals surface area contributed by atoms with E-state index >= 15 is 0 Å². The highest BCUT2D eigenvalue weighted by molar-refractivity contribution is 5.93. The van der Waals surface area contributed by atoms with Crippen LogP contribution < -0.4 is 20.1 Å². The fraction of sp³-hybridized carbons (Fsp3) is 0.435. The van der Waals surface area contributed by atoms with Crippen molar-refractivity contribution in [2.75, 3.05) is 23.8 Å². The summed E-state index contributed by atoms with van der Waals surface area (Å²) in [6.45, 7) is 7.07. The third-order valence-electron chi connectivity index (χ3n) is 4.06. The van der Waals surface area contributed by atoms with Gasteiger partial charge < -0.3 is 20.1 Å². The molecule has 2 aromatic rings. The molecule has 0 unspecified atom stereocenters. The number of amides is 1. The van der Waals surface area contributed by atoms with Crippen LogP contribution in [0, 0.1) is 0 Å². The first-order chi connectivity index (χ1) is 13.6. The van der Waals surface area contributed by atoms with Gasteiger partial charge in [0.1, 0.15) is 11.5 Å². The van der Waals surface area contributed by atoms with Crippen LogP contribution in [0.25, 0.3) is 0 Å². The zero-order valence-corrected chi connectivity index (χ0v) is 17.2. The fourth-order valence-corrected chi connectivity index (χ4v) is 2.69. The molecular weight excluding hydrogens is 352 g/mol. The molecule has 0 radical (unpaired) electrons. The van der Waals surface area contributed by atoms with Crippen LogP contribution in [0.5, 0.6) is 11.5 Å². The standard InChI is InChI=1S/C23H32N2O3/c1-4-5-6-7-15-27-21-13-11-19(12-14-21)25-23(26)17-24-20-9-8-10-22(16-20)28-18(2)3/h8-14,16,18,24H,4-7,15,17H2,1-3H3,(H,25,26). The van der Waals surface area contributed by atoms with E-state index in [-0.39, 0.29) is 18.6 Å². The lowest BCUT2D eigenvalue weighted by Gasteiger charge is -2.12. The van der Waals surface area contributed by atoms with E-state index < -0.39 is 0 Å². The first-order valence-corrected chi connectivity index (χ1v) is 10.1. The fourth-order valence-electron chi connectivity index (χ4n) is 2.69. The molecule has 152 valence electrons.